The van der Waals surface area contributed by atoms with Gasteiger partial charge in [0.2, 0.25) is 0 Å². The maximum atomic E-state index is 12.6. The summed E-state index contributed by atoms with van der Waals surface area (Å²) in [5.74, 6) is 0.584. The van der Waals surface area contributed by atoms with Crippen LogP contribution in [0, 0.1) is 0 Å². The second kappa shape index (κ2) is 8.67. The van der Waals surface area contributed by atoms with Crippen LogP contribution in [0.1, 0.15) is 29.6 Å². The summed E-state index contributed by atoms with van der Waals surface area (Å²) < 4.78 is 13.2. The van der Waals surface area contributed by atoms with Gasteiger partial charge in [0, 0.05) is 23.5 Å². The highest BCUT2D eigenvalue weighted by molar-refractivity contribution is 6.04. The predicted octanol–water partition coefficient (Wildman–Crippen LogP) is 3.47. The lowest BCUT2D eigenvalue weighted by atomic mass is 10.1. The molecule has 0 spiro atoms. The number of ether oxygens (including phenoxy) is 2. The fourth-order valence-electron chi connectivity index (χ4n) is 3.11. The van der Waals surface area contributed by atoms with Gasteiger partial charge in [0.1, 0.15) is 25.0 Å². The second-order valence-electron chi connectivity index (χ2n) is 6.70. The first kappa shape index (κ1) is 18.2. The van der Waals surface area contributed by atoms with E-state index in [4.69, 9.17) is 9.47 Å². The van der Waals surface area contributed by atoms with Crippen molar-refractivity contribution < 1.29 is 14.3 Å². The van der Waals surface area contributed by atoms with Gasteiger partial charge in [-0.3, -0.25) is 9.36 Å². The van der Waals surface area contributed by atoms with Crippen molar-refractivity contribution >= 4 is 11.6 Å². The van der Waals surface area contributed by atoms with E-state index in [1.54, 1.807) is 29.4 Å². The molecule has 4 rings (SSSR count). The Hall–Kier alpha value is -3.19. The maximum absolute atomic E-state index is 12.6. The molecule has 1 amide bonds. The molecule has 1 atom stereocenters. The lowest BCUT2D eigenvalue weighted by molar-refractivity contribution is -0.0110. The van der Waals surface area contributed by atoms with E-state index in [1.165, 1.54) is 6.42 Å². The highest BCUT2D eigenvalue weighted by Gasteiger charge is 2.14. The van der Waals surface area contributed by atoms with Gasteiger partial charge in [-0.1, -0.05) is 6.07 Å². The van der Waals surface area contributed by atoms with Crippen LogP contribution in [-0.4, -0.2) is 40.0 Å². The van der Waals surface area contributed by atoms with Gasteiger partial charge < -0.3 is 14.8 Å². The number of amides is 1. The second-order valence-corrected chi connectivity index (χ2v) is 6.70. The molecule has 1 saturated heterocycles. The molecule has 0 saturated carbocycles. The van der Waals surface area contributed by atoms with E-state index >= 15 is 0 Å². The Bertz CT molecular complexity index is 904. The first-order valence-electron chi connectivity index (χ1n) is 9.39. The lowest BCUT2D eigenvalue weighted by Crippen LogP contribution is -2.25. The molecule has 2 aromatic carbocycles. The summed E-state index contributed by atoms with van der Waals surface area (Å²) in [7, 11) is 0. The molecule has 1 N–H and O–H groups in total. The van der Waals surface area contributed by atoms with Gasteiger partial charge in [-0.05, 0) is 61.7 Å². The molecule has 144 valence electrons. The Morgan fingerprint density at radius 3 is 2.71 bits per heavy atom. The van der Waals surface area contributed by atoms with E-state index in [1.807, 2.05) is 36.4 Å². The summed E-state index contributed by atoms with van der Waals surface area (Å²) in [5.41, 5.74) is 2.09. The standard InChI is InChI=1S/C21H22N4O3/c26-21(16-4-3-5-18(12-16)25-14-22-23-15-25)24-17-7-9-19(10-8-17)28-13-20-6-1-2-11-27-20/h3-5,7-10,12,14-15,20H,1-2,6,11,13H2,(H,24,26). The Balaban J connectivity index is 1.35. The van der Waals surface area contributed by atoms with Crippen molar-refractivity contribution in [3.63, 3.8) is 0 Å². The Morgan fingerprint density at radius 1 is 1.14 bits per heavy atom. The molecule has 28 heavy (non-hydrogen) atoms. The van der Waals surface area contributed by atoms with Crippen molar-refractivity contribution in [2.45, 2.75) is 25.4 Å². The van der Waals surface area contributed by atoms with Crippen molar-refractivity contribution in [3.8, 4) is 11.4 Å². The van der Waals surface area contributed by atoms with E-state index < -0.39 is 0 Å². The molecule has 3 aromatic rings. The average Bonchev–Trinajstić information content (AvgIpc) is 3.29. The molecule has 1 aromatic heterocycles. The Kier molecular flexibility index (Phi) is 5.63. The molecule has 7 nitrogen and oxygen atoms in total. The van der Waals surface area contributed by atoms with Crippen molar-refractivity contribution in [2.75, 3.05) is 18.5 Å². The van der Waals surface area contributed by atoms with Crippen molar-refractivity contribution in [3.05, 3.63) is 66.7 Å². The summed E-state index contributed by atoms with van der Waals surface area (Å²) in [6.45, 7) is 1.37. The number of nitrogens with one attached hydrogen (secondary N) is 1. The van der Waals surface area contributed by atoms with Gasteiger partial charge in [-0.25, -0.2) is 0 Å². The van der Waals surface area contributed by atoms with Crippen molar-refractivity contribution in [1.29, 1.82) is 0 Å². The molecular weight excluding hydrogens is 356 g/mol. The summed E-state index contributed by atoms with van der Waals surface area (Å²) >= 11 is 0. The zero-order valence-corrected chi connectivity index (χ0v) is 15.5. The van der Waals surface area contributed by atoms with E-state index in [2.05, 4.69) is 15.5 Å². The zero-order valence-electron chi connectivity index (χ0n) is 15.5. The van der Waals surface area contributed by atoms with E-state index in [9.17, 15) is 4.79 Å². The minimum Gasteiger partial charge on any atom is -0.491 e. The van der Waals surface area contributed by atoms with Crippen LogP contribution >= 0.6 is 0 Å². The van der Waals surface area contributed by atoms with Gasteiger partial charge >= 0.3 is 0 Å². The number of aromatic nitrogens is 3. The monoisotopic (exact) mass is 378 g/mol. The smallest absolute Gasteiger partial charge is 0.255 e. The van der Waals surface area contributed by atoms with Crippen molar-refractivity contribution in [2.24, 2.45) is 0 Å². The number of anilines is 1. The first-order valence-corrected chi connectivity index (χ1v) is 9.39. The molecule has 0 aliphatic carbocycles. The van der Waals surface area contributed by atoms with E-state index in [-0.39, 0.29) is 12.0 Å². The van der Waals surface area contributed by atoms with Crippen LogP contribution in [0.4, 0.5) is 5.69 Å². The minimum atomic E-state index is -0.181. The van der Waals surface area contributed by atoms with E-state index in [0.29, 0.717) is 17.9 Å². The number of rotatable bonds is 6. The van der Waals surface area contributed by atoms with E-state index in [0.717, 1.165) is 30.9 Å². The number of hydrogen-bond donors (Lipinski definition) is 1. The molecule has 0 radical (unpaired) electrons. The highest BCUT2D eigenvalue weighted by Crippen LogP contribution is 2.19. The summed E-state index contributed by atoms with van der Waals surface area (Å²) in [6, 6.07) is 14.7. The van der Waals surface area contributed by atoms with Gasteiger partial charge in [-0.15, -0.1) is 10.2 Å². The Labute approximate surface area is 163 Å². The molecule has 1 fully saturated rings. The fraction of sp³-hybridized carbons (Fsp3) is 0.286. The third kappa shape index (κ3) is 4.55. The van der Waals surface area contributed by atoms with Crippen molar-refractivity contribution in [1.82, 2.24) is 14.8 Å². The Morgan fingerprint density at radius 2 is 1.96 bits per heavy atom. The van der Waals surface area contributed by atoms with Crippen LogP contribution in [0.15, 0.2) is 61.2 Å². The number of benzene rings is 2. The first-order chi connectivity index (χ1) is 13.8. The quantitative estimate of drug-likeness (QED) is 0.711. The summed E-state index contributed by atoms with van der Waals surface area (Å²) in [4.78, 5) is 12.6. The lowest BCUT2D eigenvalue weighted by Gasteiger charge is -2.22. The average molecular weight is 378 g/mol. The zero-order chi connectivity index (χ0) is 19.2. The molecule has 1 aliphatic heterocycles. The third-order valence-electron chi connectivity index (χ3n) is 4.65. The van der Waals surface area contributed by atoms with Crippen LogP contribution < -0.4 is 10.1 Å². The molecule has 7 heteroatoms. The number of carbonyl (C=O) groups excluding carboxylic acids is 1. The molecule has 1 unspecified atom stereocenters. The van der Waals surface area contributed by atoms with Crippen LogP contribution in [0.2, 0.25) is 0 Å². The predicted molar refractivity (Wildman–Crippen MR) is 105 cm³/mol. The minimum absolute atomic E-state index is 0.172. The van der Waals surface area contributed by atoms with Crippen LogP contribution in [-0.2, 0) is 4.74 Å². The van der Waals surface area contributed by atoms with Crippen LogP contribution in [0.3, 0.4) is 0 Å². The largest absolute Gasteiger partial charge is 0.491 e. The van der Waals surface area contributed by atoms with Gasteiger partial charge in [0.15, 0.2) is 0 Å². The van der Waals surface area contributed by atoms with Gasteiger partial charge in [0.25, 0.3) is 5.91 Å². The fourth-order valence-corrected chi connectivity index (χ4v) is 3.11. The third-order valence-corrected chi connectivity index (χ3v) is 4.65. The maximum Gasteiger partial charge on any atom is 0.255 e. The molecule has 0 bridgehead atoms. The normalized spacial score (nSPS) is 16.5. The molecular formula is C21H22N4O3. The number of nitrogens with zero attached hydrogens (tertiary/aromatic N) is 3. The SMILES string of the molecule is O=C(Nc1ccc(OCC2CCCCO2)cc1)c1cccc(-n2cnnc2)c1. The molecule has 1 aliphatic rings. The molecule has 2 heterocycles. The summed E-state index contributed by atoms with van der Waals surface area (Å²) in [6.07, 6.45) is 6.72. The van der Waals surface area contributed by atoms with Crippen LogP contribution in [0.5, 0.6) is 5.75 Å². The van der Waals surface area contributed by atoms with Gasteiger partial charge in [-0.2, -0.15) is 0 Å². The summed E-state index contributed by atoms with van der Waals surface area (Å²) in [5, 5.41) is 10.5. The topological polar surface area (TPSA) is 78.3 Å². The number of hydrogen-bond acceptors (Lipinski definition) is 5. The number of carbonyl (C=O) groups is 1. The van der Waals surface area contributed by atoms with Crippen LogP contribution in [0.25, 0.3) is 5.69 Å². The van der Waals surface area contributed by atoms with Gasteiger partial charge in [0.05, 0.1) is 6.10 Å². The highest BCUT2D eigenvalue weighted by atomic mass is 16.5.